The number of ether oxygens (including phenoxy) is 1. The number of nitrogens with one attached hydrogen (secondary N) is 1. The number of rotatable bonds is 19. The van der Waals surface area contributed by atoms with Crippen LogP contribution in [0.3, 0.4) is 0 Å². The van der Waals surface area contributed by atoms with Gasteiger partial charge in [0, 0.05) is 6.54 Å². The van der Waals surface area contributed by atoms with Gasteiger partial charge < -0.3 is 15.8 Å². The van der Waals surface area contributed by atoms with Crippen LogP contribution in [0.1, 0.15) is 122 Å². The number of hydrogen-bond donors (Lipinski definition) is 2. The van der Waals surface area contributed by atoms with Crippen LogP contribution in [0.2, 0.25) is 0 Å². The molecule has 1 aromatic heterocycles. The molecule has 0 radical (unpaired) electrons. The van der Waals surface area contributed by atoms with Crippen LogP contribution in [0.15, 0.2) is 30.6 Å². The average molecular weight is 469 g/mol. The van der Waals surface area contributed by atoms with Crippen molar-refractivity contribution < 1.29 is 4.74 Å². The molecule has 3 N–H and O–H groups in total. The van der Waals surface area contributed by atoms with Crippen LogP contribution in [-0.4, -0.2) is 16.5 Å². The van der Waals surface area contributed by atoms with Crippen molar-refractivity contribution in [2.24, 2.45) is 0 Å². The van der Waals surface area contributed by atoms with E-state index in [2.05, 4.69) is 48.2 Å². The third kappa shape index (κ3) is 11.2. The molecule has 0 saturated heterocycles. The molecule has 190 valence electrons. The lowest BCUT2D eigenvalue weighted by Gasteiger charge is -2.12. The van der Waals surface area contributed by atoms with Crippen LogP contribution in [0, 0.1) is 0 Å². The van der Waals surface area contributed by atoms with Crippen LogP contribution >= 0.6 is 0 Å². The van der Waals surface area contributed by atoms with Crippen LogP contribution < -0.4 is 15.8 Å². The highest BCUT2D eigenvalue weighted by molar-refractivity contribution is 5.66. The molecule has 0 amide bonds. The molecule has 0 unspecified atom stereocenters. The Kier molecular flexibility index (Phi) is 14.1. The number of aromatic nitrogens is 2. The third-order valence-electron chi connectivity index (χ3n) is 6.43. The van der Waals surface area contributed by atoms with E-state index in [0.29, 0.717) is 23.3 Å². The first kappa shape index (κ1) is 27.9. The fraction of sp³-hybridized carbons (Fsp3) is 0.655. The summed E-state index contributed by atoms with van der Waals surface area (Å²) in [5, 5.41) is 3.35. The van der Waals surface area contributed by atoms with Gasteiger partial charge in [-0.05, 0) is 30.0 Å². The number of unbranched alkanes of at least 4 members (excludes halogenated alkanes) is 13. The van der Waals surface area contributed by atoms with Crippen molar-refractivity contribution >= 4 is 11.5 Å². The lowest BCUT2D eigenvalue weighted by atomic mass is 10.0. The van der Waals surface area contributed by atoms with Gasteiger partial charge in [-0.3, -0.25) is 0 Å². The lowest BCUT2D eigenvalue weighted by Crippen LogP contribution is -2.08. The smallest absolute Gasteiger partial charge is 0.248 e. The molecule has 5 heteroatoms. The van der Waals surface area contributed by atoms with Gasteiger partial charge in [0.2, 0.25) is 5.88 Å². The molecule has 2 aromatic rings. The molecule has 2 rings (SSSR count). The second kappa shape index (κ2) is 17.2. The SMILES string of the molecule is CCCCCCCCCCCCCCCCNc1ncnc(Oc2ccc(C(C)C)cc2)c1N. The summed E-state index contributed by atoms with van der Waals surface area (Å²) in [6, 6.07) is 8.07. The molecule has 0 fully saturated rings. The fourth-order valence-electron chi connectivity index (χ4n) is 4.16. The second-order valence-corrected chi connectivity index (χ2v) is 9.79. The zero-order valence-corrected chi connectivity index (χ0v) is 22.0. The Balaban J connectivity index is 1.54. The number of anilines is 2. The molecular weight excluding hydrogens is 420 g/mol. The Bertz CT molecular complexity index is 776. The van der Waals surface area contributed by atoms with Crippen LogP contribution in [0.5, 0.6) is 11.6 Å². The van der Waals surface area contributed by atoms with Gasteiger partial charge in [0.25, 0.3) is 0 Å². The zero-order chi connectivity index (χ0) is 24.4. The first-order valence-electron chi connectivity index (χ1n) is 13.7. The number of benzene rings is 1. The van der Waals surface area contributed by atoms with Crippen molar-refractivity contribution in [1.82, 2.24) is 9.97 Å². The summed E-state index contributed by atoms with van der Waals surface area (Å²) in [6.07, 6.45) is 20.6. The molecule has 0 spiro atoms. The van der Waals surface area contributed by atoms with Crippen molar-refractivity contribution in [2.45, 2.75) is 117 Å². The molecule has 0 atom stereocenters. The van der Waals surface area contributed by atoms with E-state index in [-0.39, 0.29) is 0 Å². The quantitative estimate of drug-likeness (QED) is 0.201. The number of nitrogens with two attached hydrogens (primary N) is 1. The first-order chi connectivity index (χ1) is 16.6. The molecule has 0 aliphatic heterocycles. The van der Waals surface area contributed by atoms with Crippen molar-refractivity contribution in [2.75, 3.05) is 17.6 Å². The summed E-state index contributed by atoms with van der Waals surface area (Å²) < 4.78 is 5.90. The van der Waals surface area contributed by atoms with Gasteiger partial charge in [0.05, 0.1) is 0 Å². The van der Waals surface area contributed by atoms with Gasteiger partial charge >= 0.3 is 0 Å². The highest BCUT2D eigenvalue weighted by atomic mass is 16.5. The number of hydrogen-bond acceptors (Lipinski definition) is 5. The summed E-state index contributed by atoms with van der Waals surface area (Å²) in [4.78, 5) is 8.51. The minimum atomic E-state index is 0.399. The standard InChI is InChI=1S/C29H48N4O/c1-4-5-6-7-8-9-10-11-12-13-14-15-16-17-22-31-28-27(30)29(33-23-32-28)34-26-20-18-25(19-21-26)24(2)3/h18-21,23-24H,4-17,22,30H2,1-3H3,(H,31,32,33). The van der Waals surface area contributed by atoms with Crippen LogP contribution in [-0.2, 0) is 0 Å². The molecule has 5 nitrogen and oxygen atoms in total. The number of nitrogens with zero attached hydrogens (tertiary/aromatic N) is 2. The Morgan fingerprint density at radius 3 is 1.82 bits per heavy atom. The maximum atomic E-state index is 6.26. The van der Waals surface area contributed by atoms with Gasteiger partial charge in [-0.25, -0.2) is 4.98 Å². The predicted octanol–water partition coefficient (Wildman–Crippen LogP) is 8.87. The summed E-state index contributed by atoms with van der Waals surface area (Å²) in [5.74, 6) is 2.27. The molecular formula is C29H48N4O. The van der Waals surface area contributed by atoms with Crippen LogP contribution in [0.25, 0.3) is 0 Å². The van der Waals surface area contributed by atoms with E-state index in [1.807, 2.05) is 12.1 Å². The molecule has 1 aromatic carbocycles. The van der Waals surface area contributed by atoms with E-state index < -0.39 is 0 Å². The zero-order valence-electron chi connectivity index (χ0n) is 22.0. The molecule has 0 bridgehead atoms. The van der Waals surface area contributed by atoms with Gasteiger partial charge in [0.1, 0.15) is 17.8 Å². The number of nitrogen functional groups attached to an aromatic ring is 1. The second-order valence-electron chi connectivity index (χ2n) is 9.79. The van der Waals surface area contributed by atoms with Gasteiger partial charge in [-0.15, -0.1) is 0 Å². The van der Waals surface area contributed by atoms with E-state index >= 15 is 0 Å². The summed E-state index contributed by atoms with van der Waals surface area (Å²) in [6.45, 7) is 7.49. The highest BCUT2D eigenvalue weighted by Gasteiger charge is 2.10. The first-order valence-corrected chi connectivity index (χ1v) is 13.7. The highest BCUT2D eigenvalue weighted by Crippen LogP contribution is 2.30. The normalized spacial score (nSPS) is 11.2. The Morgan fingerprint density at radius 1 is 0.765 bits per heavy atom. The molecule has 34 heavy (non-hydrogen) atoms. The Labute approximate surface area is 208 Å². The minimum Gasteiger partial charge on any atom is -0.437 e. The van der Waals surface area contributed by atoms with Gasteiger partial charge in [-0.2, -0.15) is 4.98 Å². The largest absolute Gasteiger partial charge is 0.437 e. The van der Waals surface area contributed by atoms with E-state index in [9.17, 15) is 0 Å². The van der Waals surface area contributed by atoms with E-state index in [1.54, 1.807) is 0 Å². The van der Waals surface area contributed by atoms with E-state index in [4.69, 9.17) is 10.5 Å². The maximum Gasteiger partial charge on any atom is 0.248 e. The van der Waals surface area contributed by atoms with Gasteiger partial charge in [-0.1, -0.05) is 116 Å². The minimum absolute atomic E-state index is 0.399. The van der Waals surface area contributed by atoms with Crippen molar-refractivity contribution in [3.63, 3.8) is 0 Å². The maximum absolute atomic E-state index is 6.26. The Morgan fingerprint density at radius 2 is 1.29 bits per heavy atom. The van der Waals surface area contributed by atoms with Crippen molar-refractivity contribution in [1.29, 1.82) is 0 Å². The molecule has 0 aliphatic rings. The molecule has 0 saturated carbocycles. The van der Waals surface area contributed by atoms with Crippen molar-refractivity contribution in [3.05, 3.63) is 36.2 Å². The molecule has 1 heterocycles. The monoisotopic (exact) mass is 468 g/mol. The summed E-state index contributed by atoms with van der Waals surface area (Å²) in [5.41, 5.74) is 7.99. The molecule has 0 aliphatic carbocycles. The van der Waals surface area contributed by atoms with Crippen molar-refractivity contribution in [3.8, 4) is 11.6 Å². The summed E-state index contributed by atoms with van der Waals surface area (Å²) in [7, 11) is 0. The summed E-state index contributed by atoms with van der Waals surface area (Å²) >= 11 is 0. The topological polar surface area (TPSA) is 73.1 Å². The Hall–Kier alpha value is -2.30. The average Bonchev–Trinajstić information content (AvgIpc) is 2.84. The van der Waals surface area contributed by atoms with Gasteiger partial charge in [0.15, 0.2) is 5.82 Å². The van der Waals surface area contributed by atoms with Crippen LogP contribution in [0.4, 0.5) is 11.5 Å². The van der Waals surface area contributed by atoms with E-state index in [0.717, 1.165) is 18.7 Å². The predicted molar refractivity (Wildman–Crippen MR) is 146 cm³/mol. The lowest BCUT2D eigenvalue weighted by molar-refractivity contribution is 0.464. The van der Waals surface area contributed by atoms with E-state index in [1.165, 1.54) is 95.4 Å². The fourth-order valence-corrected chi connectivity index (χ4v) is 4.16. The third-order valence-corrected chi connectivity index (χ3v) is 6.43.